The maximum atomic E-state index is 12.2. The van der Waals surface area contributed by atoms with E-state index in [2.05, 4.69) is 0 Å². The summed E-state index contributed by atoms with van der Waals surface area (Å²) >= 11 is 0. The number of carbonyl (C=O) groups excluding carboxylic acids is 1. The van der Waals surface area contributed by atoms with E-state index in [1.165, 1.54) is 0 Å². The molecule has 2 rings (SSSR count). The fourth-order valence-corrected chi connectivity index (χ4v) is 2.13. The quantitative estimate of drug-likeness (QED) is 0.797. The van der Waals surface area contributed by atoms with Crippen molar-refractivity contribution in [2.24, 2.45) is 5.92 Å². The van der Waals surface area contributed by atoms with Crippen molar-refractivity contribution in [3.8, 4) is 5.75 Å². The van der Waals surface area contributed by atoms with Gasteiger partial charge in [-0.25, -0.2) is 0 Å². The van der Waals surface area contributed by atoms with E-state index >= 15 is 0 Å². The number of carboxylic acid groups (broad SMARTS) is 1. The second kappa shape index (κ2) is 7.11. The van der Waals surface area contributed by atoms with Crippen molar-refractivity contribution in [2.45, 2.75) is 32.2 Å². The summed E-state index contributed by atoms with van der Waals surface area (Å²) in [6.45, 7) is 2.23. The minimum Gasteiger partial charge on any atom is -0.493 e. The molecule has 1 amide bonds. The zero-order chi connectivity index (χ0) is 15.2. The predicted octanol–water partition coefficient (Wildman–Crippen LogP) is 2.17. The van der Waals surface area contributed by atoms with Crippen LogP contribution in [-0.4, -0.2) is 41.1 Å². The van der Waals surface area contributed by atoms with E-state index in [1.54, 1.807) is 11.8 Å². The van der Waals surface area contributed by atoms with Gasteiger partial charge in [-0.3, -0.25) is 9.59 Å². The smallest absolute Gasteiger partial charge is 0.308 e. The summed E-state index contributed by atoms with van der Waals surface area (Å²) < 4.78 is 5.52. The molecule has 5 heteroatoms. The molecule has 21 heavy (non-hydrogen) atoms. The number of carboxylic acids is 1. The number of benzene rings is 1. The van der Waals surface area contributed by atoms with Crippen molar-refractivity contribution in [2.75, 3.05) is 13.2 Å². The summed E-state index contributed by atoms with van der Waals surface area (Å²) in [7, 11) is 0. The average Bonchev–Trinajstić information content (AvgIpc) is 3.29. The number of carbonyl (C=O) groups is 2. The number of nitrogens with zero attached hydrogens (tertiary/aromatic N) is 1. The summed E-state index contributed by atoms with van der Waals surface area (Å²) in [4.78, 5) is 24.9. The largest absolute Gasteiger partial charge is 0.493 e. The van der Waals surface area contributed by atoms with Crippen molar-refractivity contribution in [3.63, 3.8) is 0 Å². The van der Waals surface area contributed by atoms with Crippen LogP contribution in [0.3, 0.4) is 0 Å². The molecule has 0 aromatic heterocycles. The topological polar surface area (TPSA) is 66.8 Å². The van der Waals surface area contributed by atoms with Crippen molar-refractivity contribution < 1.29 is 19.4 Å². The van der Waals surface area contributed by atoms with Crippen LogP contribution in [0.25, 0.3) is 0 Å². The molecule has 1 aliphatic carbocycles. The second-order valence-electron chi connectivity index (χ2n) is 5.43. The zero-order valence-electron chi connectivity index (χ0n) is 12.2. The Balaban J connectivity index is 1.80. The second-order valence-corrected chi connectivity index (χ2v) is 5.43. The average molecular weight is 291 g/mol. The van der Waals surface area contributed by atoms with Gasteiger partial charge in [-0.05, 0) is 25.0 Å². The number of aliphatic carboxylic acids is 1. The summed E-state index contributed by atoms with van der Waals surface area (Å²) in [5.74, 6) is -0.692. The molecular formula is C16H21NO4. The first kappa shape index (κ1) is 15.4. The molecule has 0 bridgehead atoms. The lowest BCUT2D eigenvalue weighted by Crippen LogP contribution is -2.39. The third-order valence-electron chi connectivity index (χ3n) is 3.53. The monoisotopic (exact) mass is 291 g/mol. The summed E-state index contributed by atoms with van der Waals surface area (Å²) in [5, 5.41) is 8.98. The van der Waals surface area contributed by atoms with Crippen molar-refractivity contribution in [1.82, 2.24) is 4.90 Å². The van der Waals surface area contributed by atoms with Gasteiger partial charge in [-0.2, -0.15) is 0 Å². The van der Waals surface area contributed by atoms with Crippen LogP contribution >= 0.6 is 0 Å². The third kappa shape index (κ3) is 4.77. The Kier molecular flexibility index (Phi) is 5.20. The fourth-order valence-electron chi connectivity index (χ4n) is 2.13. The molecule has 0 spiro atoms. The van der Waals surface area contributed by atoms with E-state index in [-0.39, 0.29) is 24.9 Å². The van der Waals surface area contributed by atoms with Gasteiger partial charge in [-0.15, -0.1) is 0 Å². The lowest BCUT2D eigenvalue weighted by molar-refractivity contribution is -0.143. The molecule has 1 aromatic rings. The molecule has 1 aromatic carbocycles. The number of hydrogen-bond donors (Lipinski definition) is 1. The zero-order valence-corrected chi connectivity index (χ0v) is 12.2. The normalized spacial score (nSPS) is 15.3. The maximum absolute atomic E-state index is 12.2. The molecule has 1 unspecified atom stereocenters. The Morgan fingerprint density at radius 3 is 2.57 bits per heavy atom. The molecular weight excluding hydrogens is 270 g/mol. The first-order valence-electron chi connectivity index (χ1n) is 7.28. The molecule has 1 atom stereocenters. The number of ether oxygens (including phenoxy) is 1. The van der Waals surface area contributed by atoms with Gasteiger partial charge in [0.25, 0.3) is 0 Å². The van der Waals surface area contributed by atoms with Gasteiger partial charge in [0.1, 0.15) is 5.75 Å². The van der Waals surface area contributed by atoms with E-state index in [4.69, 9.17) is 9.84 Å². The lowest BCUT2D eigenvalue weighted by atomic mass is 10.1. The van der Waals surface area contributed by atoms with Crippen LogP contribution in [0.1, 0.15) is 26.2 Å². The van der Waals surface area contributed by atoms with E-state index in [1.807, 2.05) is 30.3 Å². The third-order valence-corrected chi connectivity index (χ3v) is 3.53. The highest BCUT2D eigenvalue weighted by atomic mass is 16.5. The van der Waals surface area contributed by atoms with Crippen molar-refractivity contribution in [3.05, 3.63) is 30.3 Å². The molecule has 0 aliphatic heterocycles. The Morgan fingerprint density at radius 1 is 1.33 bits per heavy atom. The van der Waals surface area contributed by atoms with E-state index in [0.29, 0.717) is 6.61 Å². The SMILES string of the molecule is CC(CN(C(=O)CCOc1ccccc1)C1CC1)C(=O)O. The molecule has 5 nitrogen and oxygen atoms in total. The van der Waals surface area contributed by atoms with Crippen LogP contribution in [0.2, 0.25) is 0 Å². The lowest BCUT2D eigenvalue weighted by Gasteiger charge is -2.24. The van der Waals surface area contributed by atoms with Gasteiger partial charge in [0, 0.05) is 12.6 Å². The minimum absolute atomic E-state index is 0.0264. The number of para-hydroxylation sites is 1. The highest BCUT2D eigenvalue weighted by Gasteiger charge is 2.34. The van der Waals surface area contributed by atoms with Gasteiger partial charge in [0.2, 0.25) is 5.91 Å². The highest BCUT2D eigenvalue weighted by molar-refractivity contribution is 5.78. The molecule has 1 N–H and O–H groups in total. The molecule has 1 saturated carbocycles. The Labute approximate surface area is 124 Å². The number of amides is 1. The summed E-state index contributed by atoms with van der Waals surface area (Å²) in [6, 6.07) is 9.56. The van der Waals surface area contributed by atoms with Crippen LogP contribution in [0.4, 0.5) is 0 Å². The number of hydrogen-bond acceptors (Lipinski definition) is 3. The fraction of sp³-hybridized carbons (Fsp3) is 0.500. The van der Waals surface area contributed by atoms with Crippen molar-refractivity contribution in [1.29, 1.82) is 0 Å². The van der Waals surface area contributed by atoms with Gasteiger partial charge in [-0.1, -0.05) is 25.1 Å². The maximum Gasteiger partial charge on any atom is 0.308 e. The van der Waals surface area contributed by atoms with E-state index in [0.717, 1.165) is 18.6 Å². The first-order valence-corrected chi connectivity index (χ1v) is 7.28. The minimum atomic E-state index is -0.867. The summed E-state index contributed by atoms with van der Waals surface area (Å²) in [6.07, 6.45) is 2.22. The molecule has 0 saturated heterocycles. The van der Waals surface area contributed by atoms with Crippen LogP contribution in [0.15, 0.2) is 30.3 Å². The molecule has 0 radical (unpaired) electrons. The van der Waals surface area contributed by atoms with Gasteiger partial charge in [0.05, 0.1) is 18.9 Å². The van der Waals surface area contributed by atoms with Crippen molar-refractivity contribution >= 4 is 11.9 Å². The van der Waals surface area contributed by atoms with Crippen LogP contribution < -0.4 is 4.74 Å². The predicted molar refractivity (Wildman–Crippen MR) is 78.1 cm³/mol. The van der Waals surface area contributed by atoms with Crippen LogP contribution in [-0.2, 0) is 9.59 Å². The molecule has 0 heterocycles. The molecule has 114 valence electrons. The highest BCUT2D eigenvalue weighted by Crippen LogP contribution is 2.28. The van der Waals surface area contributed by atoms with E-state index < -0.39 is 11.9 Å². The molecule has 1 fully saturated rings. The Bertz CT molecular complexity index is 484. The first-order chi connectivity index (χ1) is 10.1. The van der Waals surface area contributed by atoms with Gasteiger partial charge >= 0.3 is 5.97 Å². The molecule has 1 aliphatic rings. The van der Waals surface area contributed by atoms with Crippen LogP contribution in [0, 0.1) is 5.92 Å². The Hall–Kier alpha value is -2.04. The Morgan fingerprint density at radius 2 is 2.00 bits per heavy atom. The number of rotatable bonds is 8. The van der Waals surface area contributed by atoms with E-state index in [9.17, 15) is 9.59 Å². The van der Waals surface area contributed by atoms with Gasteiger partial charge < -0.3 is 14.7 Å². The summed E-state index contributed by atoms with van der Waals surface area (Å²) in [5.41, 5.74) is 0. The standard InChI is InChI=1S/C16H21NO4/c1-12(16(19)20)11-17(13-7-8-13)15(18)9-10-21-14-5-3-2-4-6-14/h2-6,12-13H,7-11H2,1H3,(H,19,20). The van der Waals surface area contributed by atoms with Crippen LogP contribution in [0.5, 0.6) is 5.75 Å². The van der Waals surface area contributed by atoms with Gasteiger partial charge in [0.15, 0.2) is 0 Å².